The molecule has 84 valence electrons. The summed E-state index contributed by atoms with van der Waals surface area (Å²) in [6.45, 7) is 2.35. The highest BCUT2D eigenvalue weighted by Gasteiger charge is 2.16. The fourth-order valence-electron chi connectivity index (χ4n) is 1.59. The van der Waals surface area contributed by atoms with Gasteiger partial charge in [0.05, 0.1) is 12.8 Å². The Hall–Kier alpha value is -0.840. The van der Waals surface area contributed by atoms with Crippen molar-refractivity contribution in [2.45, 2.75) is 12.5 Å². The van der Waals surface area contributed by atoms with Crippen molar-refractivity contribution in [3.63, 3.8) is 0 Å². The Kier molecular flexibility index (Phi) is 4.81. The summed E-state index contributed by atoms with van der Waals surface area (Å²) in [5.41, 5.74) is 0. The molecule has 1 aliphatic heterocycles. The van der Waals surface area contributed by atoms with Gasteiger partial charge in [0.1, 0.15) is 0 Å². The van der Waals surface area contributed by atoms with Gasteiger partial charge in [-0.15, -0.1) is 12.4 Å². The SMILES string of the molecule is Cl.O=C(CNC1CCNC1)c1ccco1. The number of rotatable bonds is 4. The number of halogens is 1. The quantitative estimate of drug-likeness (QED) is 0.753. The molecule has 4 nitrogen and oxygen atoms in total. The average Bonchev–Trinajstić information content (AvgIpc) is 2.87. The Morgan fingerprint density at radius 2 is 2.53 bits per heavy atom. The molecule has 1 aromatic rings. The molecule has 2 rings (SSSR count). The topological polar surface area (TPSA) is 54.3 Å². The van der Waals surface area contributed by atoms with Crippen molar-refractivity contribution in [2.24, 2.45) is 0 Å². The van der Waals surface area contributed by atoms with Gasteiger partial charge >= 0.3 is 0 Å². The summed E-state index contributed by atoms with van der Waals surface area (Å²) < 4.78 is 5.01. The minimum absolute atomic E-state index is 0. The smallest absolute Gasteiger partial charge is 0.211 e. The van der Waals surface area contributed by atoms with Crippen LogP contribution in [0.4, 0.5) is 0 Å². The third kappa shape index (κ3) is 3.34. The highest BCUT2D eigenvalue weighted by Crippen LogP contribution is 2.02. The molecule has 0 amide bonds. The Labute approximate surface area is 94.8 Å². The number of Topliss-reactive ketones (excluding diaryl/α,β-unsaturated/α-hetero) is 1. The first-order valence-corrected chi connectivity index (χ1v) is 4.87. The van der Waals surface area contributed by atoms with Gasteiger partial charge in [-0.25, -0.2) is 0 Å². The van der Waals surface area contributed by atoms with Gasteiger partial charge in [0.2, 0.25) is 5.78 Å². The largest absolute Gasteiger partial charge is 0.461 e. The van der Waals surface area contributed by atoms with Crippen LogP contribution in [-0.2, 0) is 0 Å². The molecule has 1 aromatic heterocycles. The number of furan rings is 1. The minimum Gasteiger partial charge on any atom is -0.461 e. The molecular formula is C10H15ClN2O2. The highest BCUT2D eigenvalue weighted by atomic mass is 35.5. The van der Waals surface area contributed by atoms with Crippen molar-refractivity contribution in [3.05, 3.63) is 24.2 Å². The molecule has 1 aliphatic rings. The highest BCUT2D eigenvalue weighted by molar-refractivity contribution is 5.94. The number of ketones is 1. The van der Waals surface area contributed by atoms with Crippen molar-refractivity contribution in [1.29, 1.82) is 0 Å². The van der Waals surface area contributed by atoms with Crippen LogP contribution in [0.5, 0.6) is 0 Å². The Morgan fingerprint density at radius 3 is 3.13 bits per heavy atom. The molecule has 2 N–H and O–H groups in total. The van der Waals surface area contributed by atoms with E-state index in [1.54, 1.807) is 12.1 Å². The number of carbonyl (C=O) groups is 1. The fourth-order valence-corrected chi connectivity index (χ4v) is 1.59. The van der Waals surface area contributed by atoms with Crippen molar-refractivity contribution in [2.75, 3.05) is 19.6 Å². The third-order valence-electron chi connectivity index (χ3n) is 2.41. The van der Waals surface area contributed by atoms with Crippen molar-refractivity contribution >= 4 is 18.2 Å². The molecular weight excluding hydrogens is 216 g/mol. The predicted molar refractivity (Wildman–Crippen MR) is 59.6 cm³/mol. The second-order valence-electron chi connectivity index (χ2n) is 3.47. The Balaban J connectivity index is 0.00000112. The van der Waals surface area contributed by atoms with Gasteiger partial charge in [-0.2, -0.15) is 0 Å². The van der Waals surface area contributed by atoms with Gasteiger partial charge < -0.3 is 15.1 Å². The molecule has 0 saturated carbocycles. The van der Waals surface area contributed by atoms with Crippen LogP contribution in [0.15, 0.2) is 22.8 Å². The van der Waals surface area contributed by atoms with Crippen molar-refractivity contribution in [3.8, 4) is 0 Å². The van der Waals surface area contributed by atoms with Crippen LogP contribution in [-0.4, -0.2) is 31.5 Å². The van der Waals surface area contributed by atoms with E-state index < -0.39 is 0 Å². The fraction of sp³-hybridized carbons (Fsp3) is 0.500. The van der Waals surface area contributed by atoms with Crippen LogP contribution in [0.1, 0.15) is 17.0 Å². The van der Waals surface area contributed by atoms with E-state index in [9.17, 15) is 4.79 Å². The molecule has 0 radical (unpaired) electrons. The molecule has 1 atom stereocenters. The Morgan fingerprint density at radius 1 is 1.67 bits per heavy atom. The molecule has 0 spiro atoms. The normalized spacial score (nSPS) is 19.9. The second kappa shape index (κ2) is 5.90. The van der Waals surface area contributed by atoms with Gasteiger partial charge in [-0.1, -0.05) is 0 Å². The average molecular weight is 231 g/mol. The van der Waals surface area contributed by atoms with Gasteiger partial charge in [-0.05, 0) is 25.1 Å². The maximum atomic E-state index is 11.5. The standard InChI is InChI=1S/C10H14N2O2.ClH/c13-9(10-2-1-5-14-10)7-12-8-3-4-11-6-8;/h1-2,5,8,11-12H,3-4,6-7H2;1H. The first-order chi connectivity index (χ1) is 6.86. The number of hydrogen-bond acceptors (Lipinski definition) is 4. The first kappa shape index (κ1) is 12.2. The maximum absolute atomic E-state index is 11.5. The molecule has 1 fully saturated rings. The van der Waals surface area contributed by atoms with Gasteiger partial charge in [0.25, 0.3) is 0 Å². The van der Waals surface area contributed by atoms with E-state index in [0.717, 1.165) is 19.5 Å². The number of hydrogen-bond donors (Lipinski definition) is 2. The summed E-state index contributed by atoms with van der Waals surface area (Å²) in [6.07, 6.45) is 2.61. The van der Waals surface area contributed by atoms with Crippen LogP contribution in [0.25, 0.3) is 0 Å². The first-order valence-electron chi connectivity index (χ1n) is 4.87. The Bertz CT molecular complexity index is 294. The molecule has 1 saturated heterocycles. The van der Waals surface area contributed by atoms with Crippen LogP contribution in [0.3, 0.4) is 0 Å². The lowest BCUT2D eigenvalue weighted by Crippen LogP contribution is -2.35. The summed E-state index contributed by atoms with van der Waals surface area (Å²) in [6, 6.07) is 3.84. The van der Waals surface area contributed by atoms with Crippen LogP contribution < -0.4 is 10.6 Å². The molecule has 0 bridgehead atoms. The summed E-state index contributed by atoms with van der Waals surface area (Å²) in [5, 5.41) is 6.43. The van der Waals surface area contributed by atoms with E-state index in [0.29, 0.717) is 18.3 Å². The van der Waals surface area contributed by atoms with Crippen LogP contribution in [0.2, 0.25) is 0 Å². The van der Waals surface area contributed by atoms with E-state index in [4.69, 9.17) is 4.42 Å². The van der Waals surface area contributed by atoms with E-state index in [-0.39, 0.29) is 18.2 Å². The zero-order valence-corrected chi connectivity index (χ0v) is 9.18. The molecule has 2 heterocycles. The van der Waals surface area contributed by atoms with Crippen molar-refractivity contribution < 1.29 is 9.21 Å². The van der Waals surface area contributed by atoms with Crippen molar-refractivity contribution in [1.82, 2.24) is 10.6 Å². The maximum Gasteiger partial charge on any atom is 0.211 e. The van der Waals surface area contributed by atoms with Gasteiger partial charge in [0, 0.05) is 12.6 Å². The van der Waals surface area contributed by atoms with E-state index in [1.165, 1.54) is 6.26 Å². The lowest BCUT2D eigenvalue weighted by atomic mass is 10.2. The lowest BCUT2D eigenvalue weighted by Gasteiger charge is -2.08. The molecule has 5 heteroatoms. The minimum atomic E-state index is 0. The van der Waals surface area contributed by atoms with Gasteiger partial charge in [0.15, 0.2) is 5.76 Å². The monoisotopic (exact) mass is 230 g/mol. The molecule has 1 unspecified atom stereocenters. The zero-order chi connectivity index (χ0) is 9.80. The zero-order valence-electron chi connectivity index (χ0n) is 8.36. The number of carbonyl (C=O) groups excluding carboxylic acids is 1. The summed E-state index contributed by atoms with van der Waals surface area (Å²) in [7, 11) is 0. The van der Waals surface area contributed by atoms with Crippen LogP contribution >= 0.6 is 12.4 Å². The summed E-state index contributed by atoms with van der Waals surface area (Å²) >= 11 is 0. The second-order valence-corrected chi connectivity index (χ2v) is 3.47. The third-order valence-corrected chi connectivity index (χ3v) is 2.41. The van der Waals surface area contributed by atoms with E-state index in [2.05, 4.69) is 10.6 Å². The molecule has 0 aliphatic carbocycles. The lowest BCUT2D eigenvalue weighted by molar-refractivity contribution is 0.0961. The summed E-state index contributed by atoms with van der Waals surface area (Å²) in [5.74, 6) is 0.449. The predicted octanol–water partition coefficient (Wildman–Crippen LogP) is 0.836. The summed E-state index contributed by atoms with van der Waals surface area (Å²) in [4.78, 5) is 11.5. The number of nitrogens with one attached hydrogen (secondary N) is 2. The molecule has 15 heavy (non-hydrogen) atoms. The van der Waals surface area contributed by atoms with Gasteiger partial charge in [-0.3, -0.25) is 4.79 Å². The van der Waals surface area contributed by atoms with Crippen LogP contribution in [0, 0.1) is 0 Å². The van der Waals surface area contributed by atoms with E-state index >= 15 is 0 Å². The molecule has 0 aromatic carbocycles. The van der Waals surface area contributed by atoms with E-state index in [1.807, 2.05) is 0 Å².